The van der Waals surface area contributed by atoms with Gasteiger partial charge in [0.15, 0.2) is 8.32 Å². The van der Waals surface area contributed by atoms with Crippen LogP contribution in [0.5, 0.6) is 0 Å². The van der Waals surface area contributed by atoms with Crippen LogP contribution in [-0.4, -0.2) is 20.2 Å². The molecule has 5 saturated carbocycles. The molecule has 5 aliphatic carbocycles. The van der Waals surface area contributed by atoms with Crippen LogP contribution >= 0.6 is 0 Å². The lowest BCUT2D eigenvalue weighted by atomic mass is 9.32. The van der Waals surface area contributed by atoms with Gasteiger partial charge in [-0.1, -0.05) is 41.5 Å². The Morgan fingerprint density at radius 3 is 2.06 bits per heavy atom. The first-order valence-corrected chi connectivity index (χ1v) is 18.6. The fraction of sp³-hybridized carbons (Fsp3) is 0.969. The van der Waals surface area contributed by atoms with Gasteiger partial charge in [0.05, 0.1) is 6.10 Å². The van der Waals surface area contributed by atoms with Gasteiger partial charge in [0.25, 0.3) is 0 Å². The lowest BCUT2D eigenvalue weighted by Crippen LogP contribution is -2.67. The molecule has 10 atom stereocenters. The van der Waals surface area contributed by atoms with Crippen LogP contribution in [0.25, 0.3) is 0 Å². The number of hydrogen-bond donors (Lipinski definition) is 0. The van der Waals surface area contributed by atoms with Crippen LogP contribution < -0.4 is 0 Å². The van der Waals surface area contributed by atoms with Crippen molar-refractivity contribution in [2.75, 3.05) is 0 Å². The molecule has 0 aromatic carbocycles. The minimum absolute atomic E-state index is 0.253. The Kier molecular flexibility index (Phi) is 6.00. The molecular formula is C32H56O2Si. The number of hydrogen-bond acceptors (Lipinski definition) is 2. The second kappa shape index (κ2) is 7.93. The van der Waals surface area contributed by atoms with Crippen molar-refractivity contribution in [1.82, 2.24) is 0 Å². The third-order valence-electron chi connectivity index (χ3n) is 13.8. The highest BCUT2D eigenvalue weighted by atomic mass is 28.4. The van der Waals surface area contributed by atoms with E-state index in [-0.39, 0.29) is 5.41 Å². The number of carbonyl (C=O) groups is 1. The predicted octanol–water partition coefficient (Wildman–Crippen LogP) is 8.90. The van der Waals surface area contributed by atoms with Crippen LogP contribution in [0, 0.1) is 56.7 Å². The van der Waals surface area contributed by atoms with Gasteiger partial charge in [0.1, 0.15) is 5.78 Å². The van der Waals surface area contributed by atoms with Crippen molar-refractivity contribution in [3.05, 3.63) is 0 Å². The number of ketones is 1. The van der Waals surface area contributed by atoms with Gasteiger partial charge in [-0.15, -0.1) is 0 Å². The van der Waals surface area contributed by atoms with Crippen molar-refractivity contribution in [3.8, 4) is 0 Å². The molecule has 200 valence electrons. The molecule has 4 unspecified atom stereocenters. The van der Waals surface area contributed by atoms with Crippen molar-refractivity contribution in [2.45, 2.75) is 138 Å². The van der Waals surface area contributed by atoms with E-state index in [1.54, 1.807) is 0 Å². The highest BCUT2D eigenvalue weighted by molar-refractivity contribution is 6.69. The summed E-state index contributed by atoms with van der Waals surface area (Å²) in [7, 11) is -1.56. The van der Waals surface area contributed by atoms with Gasteiger partial charge in [-0.05, 0) is 142 Å². The third kappa shape index (κ3) is 3.59. The normalized spacial score (nSPS) is 53.2. The summed E-state index contributed by atoms with van der Waals surface area (Å²) in [5.41, 5.74) is 1.85. The molecule has 0 aromatic rings. The third-order valence-corrected chi connectivity index (χ3v) is 14.8. The predicted molar refractivity (Wildman–Crippen MR) is 149 cm³/mol. The van der Waals surface area contributed by atoms with Crippen molar-refractivity contribution < 1.29 is 9.22 Å². The molecule has 35 heavy (non-hydrogen) atoms. The summed E-state index contributed by atoms with van der Waals surface area (Å²) in [6, 6.07) is 0. The summed E-state index contributed by atoms with van der Waals surface area (Å²) in [6.45, 7) is 24.8. The molecule has 0 heterocycles. The van der Waals surface area contributed by atoms with E-state index >= 15 is 0 Å². The molecule has 2 nitrogen and oxygen atoms in total. The van der Waals surface area contributed by atoms with Crippen molar-refractivity contribution >= 4 is 14.1 Å². The Balaban J connectivity index is 1.49. The van der Waals surface area contributed by atoms with E-state index in [4.69, 9.17) is 4.43 Å². The van der Waals surface area contributed by atoms with Gasteiger partial charge >= 0.3 is 0 Å². The van der Waals surface area contributed by atoms with E-state index in [9.17, 15) is 4.79 Å². The molecule has 5 fully saturated rings. The van der Waals surface area contributed by atoms with Gasteiger partial charge in [0.2, 0.25) is 0 Å². The summed E-state index contributed by atoms with van der Waals surface area (Å²) in [5, 5.41) is 0. The average molecular weight is 501 g/mol. The second-order valence-corrected chi connectivity index (χ2v) is 21.1. The van der Waals surface area contributed by atoms with Gasteiger partial charge < -0.3 is 4.43 Å². The number of rotatable bonds is 3. The second-order valence-electron chi connectivity index (χ2n) is 16.7. The highest BCUT2D eigenvalue weighted by Crippen LogP contribution is 2.77. The van der Waals surface area contributed by atoms with E-state index in [1.807, 2.05) is 6.92 Å². The van der Waals surface area contributed by atoms with Gasteiger partial charge in [-0.25, -0.2) is 0 Å². The molecule has 5 aliphatic rings. The number of fused-ring (bicyclic) bond motifs is 7. The first-order valence-electron chi connectivity index (χ1n) is 15.2. The maximum Gasteiger partial charge on any atom is 0.184 e. The SMILES string of the molecule is CC(=O)[C@@H]1CC[C@]2(C)CC[C@]3(C)C(CCC4[C@@]5(C)CC[C@H](O[Si](C)(C)C)C(C)(C)C5CC[C@]43C)C12. The lowest BCUT2D eigenvalue weighted by molar-refractivity contribution is -0.245. The number of Topliss-reactive ketones (excluding diaryl/α,β-unsaturated/α-hetero) is 1. The maximum atomic E-state index is 12.8. The molecule has 3 heteroatoms. The molecule has 0 spiro atoms. The lowest BCUT2D eigenvalue weighted by Gasteiger charge is -2.73. The first kappa shape index (κ1) is 26.5. The Labute approximate surface area is 218 Å². The van der Waals surface area contributed by atoms with Gasteiger partial charge in [0, 0.05) is 5.92 Å². The van der Waals surface area contributed by atoms with Crippen LogP contribution in [0.1, 0.15) is 113 Å². The minimum atomic E-state index is -1.56. The summed E-state index contributed by atoms with van der Waals surface area (Å²) < 4.78 is 6.85. The molecule has 0 N–H and O–H groups in total. The zero-order valence-electron chi connectivity index (χ0n) is 24.9. The Morgan fingerprint density at radius 1 is 0.743 bits per heavy atom. The first-order chi connectivity index (χ1) is 16.0. The van der Waals surface area contributed by atoms with Crippen LogP contribution in [0.2, 0.25) is 19.6 Å². The minimum Gasteiger partial charge on any atom is -0.414 e. The van der Waals surface area contributed by atoms with E-state index in [2.05, 4.69) is 61.2 Å². The monoisotopic (exact) mass is 500 g/mol. The summed E-state index contributed by atoms with van der Waals surface area (Å²) in [5.74, 6) is 3.73. The van der Waals surface area contributed by atoms with Crippen molar-refractivity contribution in [3.63, 3.8) is 0 Å². The molecule has 0 saturated heterocycles. The Bertz CT molecular complexity index is 873. The van der Waals surface area contributed by atoms with Gasteiger partial charge in [-0.2, -0.15) is 0 Å². The van der Waals surface area contributed by atoms with E-state index < -0.39 is 8.32 Å². The molecule has 0 aliphatic heterocycles. The molecule has 5 rings (SSSR count). The summed E-state index contributed by atoms with van der Waals surface area (Å²) in [4.78, 5) is 12.8. The molecule has 0 aromatic heterocycles. The summed E-state index contributed by atoms with van der Waals surface area (Å²) in [6.07, 6.45) is 13.6. The van der Waals surface area contributed by atoms with Crippen LogP contribution in [0.4, 0.5) is 0 Å². The largest absolute Gasteiger partial charge is 0.414 e. The topological polar surface area (TPSA) is 26.3 Å². The smallest absolute Gasteiger partial charge is 0.184 e. The highest BCUT2D eigenvalue weighted by Gasteiger charge is 2.70. The molecular weight excluding hydrogens is 444 g/mol. The van der Waals surface area contributed by atoms with Crippen LogP contribution in [0.15, 0.2) is 0 Å². The Hall–Kier alpha value is -0.153. The molecule has 0 amide bonds. The number of carbonyl (C=O) groups excluding carboxylic acids is 1. The van der Waals surface area contributed by atoms with Crippen LogP contribution in [0.3, 0.4) is 0 Å². The molecule has 0 bridgehead atoms. The standard InChI is InChI=1S/C32H56O2Si/c1-21(33)22-13-16-29(4)19-20-31(6)23(27(22)29)11-12-25-30(5)17-15-26(34-35(8,9)10)28(2,3)24(30)14-18-32(25,31)7/h22-27H,11-20H2,1-10H3/t22-,23?,24?,25?,26-,27?,29+,30-,31+,32+/m0/s1. The quantitative estimate of drug-likeness (QED) is 0.362. The summed E-state index contributed by atoms with van der Waals surface area (Å²) >= 11 is 0. The van der Waals surface area contributed by atoms with Gasteiger partial charge in [-0.3, -0.25) is 4.79 Å². The van der Waals surface area contributed by atoms with E-state index in [0.29, 0.717) is 45.4 Å². The van der Waals surface area contributed by atoms with Crippen molar-refractivity contribution in [1.29, 1.82) is 0 Å². The van der Waals surface area contributed by atoms with Crippen LogP contribution in [-0.2, 0) is 9.22 Å². The zero-order valence-corrected chi connectivity index (χ0v) is 25.9. The molecule has 0 radical (unpaired) electrons. The maximum absolute atomic E-state index is 12.8. The average Bonchev–Trinajstić information content (AvgIpc) is 3.08. The fourth-order valence-corrected chi connectivity index (χ4v) is 13.3. The van der Waals surface area contributed by atoms with E-state index in [0.717, 1.165) is 24.2 Å². The Morgan fingerprint density at radius 2 is 1.43 bits per heavy atom. The fourth-order valence-electron chi connectivity index (χ4n) is 12.0. The van der Waals surface area contributed by atoms with Crippen molar-refractivity contribution in [2.24, 2.45) is 56.7 Å². The zero-order chi connectivity index (χ0) is 25.8. The van der Waals surface area contributed by atoms with E-state index in [1.165, 1.54) is 57.8 Å².